The number of hydrogen-bond acceptors (Lipinski definition) is 2. The lowest BCUT2D eigenvalue weighted by Crippen LogP contribution is -2.59. The normalized spacial score (nSPS) is 26.6. The molecule has 2 heteroatoms. The van der Waals surface area contributed by atoms with Crippen molar-refractivity contribution in [3.63, 3.8) is 0 Å². The van der Waals surface area contributed by atoms with Crippen LogP contribution in [0.4, 0.5) is 0 Å². The minimum Gasteiger partial charge on any atom is -0.392 e. The summed E-state index contributed by atoms with van der Waals surface area (Å²) in [6.45, 7) is 9.47. The Hall–Kier alpha value is -0.860. The predicted molar refractivity (Wildman–Crippen MR) is 70.9 cm³/mol. The minimum absolute atomic E-state index is 0.0116. The van der Waals surface area contributed by atoms with Gasteiger partial charge in [0, 0.05) is 18.0 Å². The zero-order valence-electron chi connectivity index (χ0n) is 11.2. The number of hydrogen-bond donors (Lipinski definition) is 2. The molecular weight excluding hydrogens is 210 g/mol. The highest BCUT2D eigenvalue weighted by atomic mass is 16.3. The van der Waals surface area contributed by atoms with Gasteiger partial charge in [0.05, 0.1) is 6.10 Å². The van der Waals surface area contributed by atoms with Crippen molar-refractivity contribution < 1.29 is 5.11 Å². The molecular formula is C15H23NO. The largest absolute Gasteiger partial charge is 0.392 e. The highest BCUT2D eigenvalue weighted by molar-refractivity contribution is 5.33. The van der Waals surface area contributed by atoms with E-state index in [4.69, 9.17) is 0 Å². The first kappa shape index (κ1) is 12.6. The van der Waals surface area contributed by atoms with E-state index in [1.54, 1.807) is 0 Å². The molecule has 0 saturated heterocycles. The van der Waals surface area contributed by atoms with Gasteiger partial charge in [-0.15, -0.1) is 0 Å². The standard InChI is InChI=1S/C15H23NO/c1-10-6-5-7-12(11(10)2)9-16-13-8-14(17)15(13,3)4/h5-7,13-14,16-17H,8-9H2,1-4H3. The molecule has 0 aliphatic heterocycles. The van der Waals surface area contributed by atoms with Gasteiger partial charge in [0.15, 0.2) is 0 Å². The fourth-order valence-corrected chi connectivity index (χ4v) is 2.49. The maximum absolute atomic E-state index is 9.70. The van der Waals surface area contributed by atoms with Crippen LogP contribution in [0.1, 0.15) is 37.0 Å². The third kappa shape index (κ3) is 2.24. The number of aliphatic hydroxyl groups excluding tert-OH is 1. The lowest BCUT2D eigenvalue weighted by Gasteiger charge is -2.49. The van der Waals surface area contributed by atoms with E-state index in [2.05, 4.69) is 51.2 Å². The molecule has 2 unspecified atom stereocenters. The minimum atomic E-state index is -0.154. The van der Waals surface area contributed by atoms with Crippen molar-refractivity contribution in [1.82, 2.24) is 5.32 Å². The van der Waals surface area contributed by atoms with E-state index < -0.39 is 0 Å². The van der Waals surface area contributed by atoms with Gasteiger partial charge in [0.2, 0.25) is 0 Å². The van der Waals surface area contributed by atoms with Crippen molar-refractivity contribution >= 4 is 0 Å². The lowest BCUT2D eigenvalue weighted by molar-refractivity contribution is -0.0730. The summed E-state index contributed by atoms with van der Waals surface area (Å²) in [4.78, 5) is 0. The van der Waals surface area contributed by atoms with Crippen LogP contribution >= 0.6 is 0 Å². The van der Waals surface area contributed by atoms with Gasteiger partial charge in [-0.2, -0.15) is 0 Å². The molecule has 0 bridgehead atoms. The first-order chi connectivity index (χ1) is 7.93. The molecule has 1 saturated carbocycles. The van der Waals surface area contributed by atoms with Crippen LogP contribution in [0.5, 0.6) is 0 Å². The maximum Gasteiger partial charge on any atom is 0.0621 e. The SMILES string of the molecule is Cc1cccc(CNC2CC(O)C2(C)C)c1C. The van der Waals surface area contributed by atoms with E-state index in [1.807, 2.05) is 0 Å². The van der Waals surface area contributed by atoms with Gasteiger partial charge in [-0.25, -0.2) is 0 Å². The number of nitrogens with one attached hydrogen (secondary N) is 1. The Morgan fingerprint density at radius 2 is 2.06 bits per heavy atom. The fraction of sp³-hybridized carbons (Fsp3) is 0.600. The predicted octanol–water partition coefficient (Wildman–Crippen LogP) is 2.55. The second-order valence-electron chi connectivity index (χ2n) is 5.87. The van der Waals surface area contributed by atoms with Crippen LogP contribution in [0.15, 0.2) is 18.2 Å². The second kappa shape index (κ2) is 4.43. The molecule has 1 fully saturated rings. The van der Waals surface area contributed by atoms with Gasteiger partial charge < -0.3 is 10.4 Å². The maximum atomic E-state index is 9.70. The van der Waals surface area contributed by atoms with Crippen LogP contribution in [0.2, 0.25) is 0 Å². The first-order valence-electron chi connectivity index (χ1n) is 6.39. The molecule has 2 N–H and O–H groups in total. The molecule has 0 heterocycles. The first-order valence-corrected chi connectivity index (χ1v) is 6.39. The molecule has 17 heavy (non-hydrogen) atoms. The molecule has 2 nitrogen and oxygen atoms in total. The molecule has 2 atom stereocenters. The summed E-state index contributed by atoms with van der Waals surface area (Å²) in [5, 5.41) is 13.3. The van der Waals surface area contributed by atoms with E-state index in [-0.39, 0.29) is 11.5 Å². The average Bonchev–Trinajstić information content (AvgIpc) is 2.29. The third-order valence-corrected chi connectivity index (χ3v) is 4.47. The van der Waals surface area contributed by atoms with Gasteiger partial charge in [-0.05, 0) is 37.0 Å². The summed E-state index contributed by atoms with van der Waals surface area (Å²) in [7, 11) is 0. The van der Waals surface area contributed by atoms with Crippen molar-refractivity contribution in [2.45, 2.75) is 52.8 Å². The number of aliphatic hydroxyl groups is 1. The summed E-state index contributed by atoms with van der Waals surface area (Å²) in [6, 6.07) is 6.87. The number of benzene rings is 1. The van der Waals surface area contributed by atoms with Crippen LogP contribution in [-0.4, -0.2) is 17.3 Å². The highest BCUT2D eigenvalue weighted by Crippen LogP contribution is 2.40. The summed E-state index contributed by atoms with van der Waals surface area (Å²) in [5.41, 5.74) is 4.09. The zero-order valence-corrected chi connectivity index (χ0v) is 11.2. The smallest absolute Gasteiger partial charge is 0.0621 e. The molecule has 0 amide bonds. The van der Waals surface area contributed by atoms with Gasteiger partial charge in [-0.3, -0.25) is 0 Å². The van der Waals surface area contributed by atoms with Crippen molar-refractivity contribution in [2.75, 3.05) is 0 Å². The van der Waals surface area contributed by atoms with Crippen LogP contribution in [0.3, 0.4) is 0 Å². The fourth-order valence-electron chi connectivity index (χ4n) is 2.49. The lowest BCUT2D eigenvalue weighted by atomic mass is 9.64. The van der Waals surface area contributed by atoms with E-state index in [9.17, 15) is 5.11 Å². The van der Waals surface area contributed by atoms with Crippen LogP contribution < -0.4 is 5.32 Å². The topological polar surface area (TPSA) is 32.3 Å². The monoisotopic (exact) mass is 233 g/mol. The van der Waals surface area contributed by atoms with Crippen molar-refractivity contribution in [3.8, 4) is 0 Å². The average molecular weight is 233 g/mol. The Morgan fingerprint density at radius 1 is 1.35 bits per heavy atom. The second-order valence-corrected chi connectivity index (χ2v) is 5.87. The number of rotatable bonds is 3. The summed E-state index contributed by atoms with van der Waals surface area (Å²) >= 11 is 0. The van der Waals surface area contributed by atoms with Gasteiger partial charge in [-0.1, -0.05) is 32.0 Å². The summed E-state index contributed by atoms with van der Waals surface area (Å²) in [5.74, 6) is 0. The highest BCUT2D eigenvalue weighted by Gasteiger charge is 2.46. The van der Waals surface area contributed by atoms with E-state index in [0.29, 0.717) is 6.04 Å². The Morgan fingerprint density at radius 3 is 2.65 bits per heavy atom. The van der Waals surface area contributed by atoms with Crippen molar-refractivity contribution in [3.05, 3.63) is 34.9 Å². The molecule has 1 aliphatic carbocycles. The quantitative estimate of drug-likeness (QED) is 0.841. The van der Waals surface area contributed by atoms with Gasteiger partial charge in [0.1, 0.15) is 0 Å². The molecule has 0 radical (unpaired) electrons. The molecule has 94 valence electrons. The molecule has 1 aromatic carbocycles. The van der Waals surface area contributed by atoms with E-state index in [1.165, 1.54) is 16.7 Å². The summed E-state index contributed by atoms with van der Waals surface area (Å²) in [6.07, 6.45) is 0.719. The molecule has 1 aliphatic rings. The summed E-state index contributed by atoms with van der Waals surface area (Å²) < 4.78 is 0. The Balaban J connectivity index is 1.97. The molecule has 1 aromatic rings. The molecule has 0 spiro atoms. The Bertz CT molecular complexity index is 411. The molecule has 0 aromatic heterocycles. The molecule has 2 rings (SSSR count). The van der Waals surface area contributed by atoms with E-state index >= 15 is 0 Å². The van der Waals surface area contributed by atoms with Crippen molar-refractivity contribution in [2.24, 2.45) is 5.41 Å². The van der Waals surface area contributed by atoms with Crippen LogP contribution in [0.25, 0.3) is 0 Å². The Kier molecular flexibility index (Phi) is 3.28. The van der Waals surface area contributed by atoms with E-state index in [0.717, 1.165) is 13.0 Å². The Labute approximate surface area is 104 Å². The van der Waals surface area contributed by atoms with Crippen LogP contribution in [0, 0.1) is 19.3 Å². The third-order valence-electron chi connectivity index (χ3n) is 4.47. The van der Waals surface area contributed by atoms with Crippen molar-refractivity contribution in [1.29, 1.82) is 0 Å². The number of aryl methyl sites for hydroxylation is 1. The van der Waals surface area contributed by atoms with Gasteiger partial charge in [0.25, 0.3) is 0 Å². The van der Waals surface area contributed by atoms with Gasteiger partial charge >= 0.3 is 0 Å². The van der Waals surface area contributed by atoms with Crippen LogP contribution in [-0.2, 0) is 6.54 Å². The zero-order chi connectivity index (χ0) is 12.6.